The number of nitrogens with zero attached hydrogens (tertiary/aromatic N) is 1. The fourth-order valence-corrected chi connectivity index (χ4v) is 3.31. The molecule has 1 aromatic carbocycles. The molecule has 0 spiro atoms. The van der Waals surface area contributed by atoms with Crippen LogP contribution in [0.15, 0.2) is 46.4 Å². The molecular formula is C16H15BrN2S. The van der Waals surface area contributed by atoms with Gasteiger partial charge in [0.05, 0.1) is 16.3 Å². The molecule has 2 heterocycles. The summed E-state index contributed by atoms with van der Waals surface area (Å²) >= 11 is 5.32. The number of pyridine rings is 1. The average Bonchev–Trinajstić information content (AvgIpc) is 2.90. The smallest absolute Gasteiger partial charge is 0.0809 e. The Morgan fingerprint density at radius 1 is 1.25 bits per heavy atom. The zero-order valence-electron chi connectivity index (χ0n) is 11.4. The minimum Gasteiger partial charge on any atom is -0.378 e. The highest BCUT2D eigenvalue weighted by molar-refractivity contribution is 9.10. The van der Waals surface area contributed by atoms with E-state index in [0.717, 1.165) is 15.7 Å². The van der Waals surface area contributed by atoms with Gasteiger partial charge in [0.1, 0.15) is 0 Å². The van der Waals surface area contributed by atoms with Gasteiger partial charge in [-0.2, -0.15) is 0 Å². The molecule has 102 valence electrons. The highest BCUT2D eigenvalue weighted by atomic mass is 79.9. The van der Waals surface area contributed by atoms with Gasteiger partial charge < -0.3 is 5.32 Å². The number of aryl methyl sites for hydroxylation is 1. The summed E-state index contributed by atoms with van der Waals surface area (Å²) in [5.41, 5.74) is 4.63. The van der Waals surface area contributed by atoms with Gasteiger partial charge in [-0.1, -0.05) is 6.07 Å². The summed E-state index contributed by atoms with van der Waals surface area (Å²) in [6, 6.07) is 10.8. The van der Waals surface area contributed by atoms with Crippen LogP contribution in [0.4, 0.5) is 5.69 Å². The lowest BCUT2D eigenvalue weighted by atomic mass is 10.1. The first-order valence-electron chi connectivity index (χ1n) is 6.49. The van der Waals surface area contributed by atoms with Crippen molar-refractivity contribution in [3.05, 3.63) is 57.5 Å². The second kappa shape index (κ2) is 5.54. The van der Waals surface area contributed by atoms with Crippen LogP contribution in [-0.4, -0.2) is 4.98 Å². The standard InChI is InChI=1S/C16H15BrN2S/c1-10-3-4-13(17)15(7-10)19-11(2)12-8-16-14(18-9-12)5-6-20-16/h3-9,11,19H,1-2H3. The van der Waals surface area contributed by atoms with E-state index in [-0.39, 0.29) is 6.04 Å². The van der Waals surface area contributed by atoms with Crippen LogP contribution < -0.4 is 5.32 Å². The van der Waals surface area contributed by atoms with Crippen LogP contribution >= 0.6 is 27.3 Å². The van der Waals surface area contributed by atoms with Crippen LogP contribution in [0.25, 0.3) is 10.2 Å². The van der Waals surface area contributed by atoms with Gasteiger partial charge in [0.15, 0.2) is 0 Å². The first kappa shape index (κ1) is 13.6. The van der Waals surface area contributed by atoms with Gasteiger partial charge >= 0.3 is 0 Å². The van der Waals surface area contributed by atoms with E-state index >= 15 is 0 Å². The number of halogens is 1. The number of hydrogen-bond acceptors (Lipinski definition) is 3. The minimum atomic E-state index is 0.215. The molecule has 0 aliphatic heterocycles. The Balaban J connectivity index is 1.88. The molecule has 3 aromatic rings. The number of benzene rings is 1. The summed E-state index contributed by atoms with van der Waals surface area (Å²) in [7, 11) is 0. The zero-order valence-corrected chi connectivity index (χ0v) is 13.8. The van der Waals surface area contributed by atoms with Crippen molar-refractivity contribution in [2.24, 2.45) is 0 Å². The largest absolute Gasteiger partial charge is 0.378 e. The minimum absolute atomic E-state index is 0.215. The maximum Gasteiger partial charge on any atom is 0.0809 e. The van der Waals surface area contributed by atoms with Crippen LogP contribution in [-0.2, 0) is 0 Å². The summed E-state index contributed by atoms with van der Waals surface area (Å²) in [5, 5.41) is 5.62. The monoisotopic (exact) mass is 346 g/mol. The van der Waals surface area contributed by atoms with Crippen molar-refractivity contribution in [1.82, 2.24) is 4.98 Å². The van der Waals surface area contributed by atoms with Crippen molar-refractivity contribution in [2.45, 2.75) is 19.9 Å². The highest BCUT2D eigenvalue weighted by Gasteiger charge is 2.09. The molecular weight excluding hydrogens is 332 g/mol. The average molecular weight is 347 g/mol. The number of hydrogen-bond donors (Lipinski definition) is 1. The molecule has 0 bridgehead atoms. The fraction of sp³-hybridized carbons (Fsp3) is 0.188. The molecule has 1 atom stereocenters. The van der Waals surface area contributed by atoms with E-state index in [1.807, 2.05) is 6.20 Å². The fourth-order valence-electron chi connectivity index (χ4n) is 2.16. The van der Waals surface area contributed by atoms with Gasteiger partial charge in [0.25, 0.3) is 0 Å². The molecule has 3 rings (SSSR count). The van der Waals surface area contributed by atoms with Crippen LogP contribution in [0.1, 0.15) is 24.1 Å². The maximum atomic E-state index is 4.50. The van der Waals surface area contributed by atoms with Gasteiger partial charge in [-0.25, -0.2) is 0 Å². The van der Waals surface area contributed by atoms with E-state index in [9.17, 15) is 0 Å². The molecule has 0 aliphatic carbocycles. The second-order valence-corrected chi connectivity index (χ2v) is 6.72. The zero-order chi connectivity index (χ0) is 14.1. The van der Waals surface area contributed by atoms with E-state index in [1.165, 1.54) is 15.8 Å². The Hall–Kier alpha value is -1.39. The third-order valence-electron chi connectivity index (χ3n) is 3.32. The first-order valence-corrected chi connectivity index (χ1v) is 8.16. The van der Waals surface area contributed by atoms with Gasteiger partial charge in [0, 0.05) is 16.4 Å². The highest BCUT2D eigenvalue weighted by Crippen LogP contribution is 2.29. The summed E-state index contributed by atoms with van der Waals surface area (Å²) in [4.78, 5) is 4.50. The molecule has 0 saturated heterocycles. The summed E-state index contributed by atoms with van der Waals surface area (Å²) in [6.45, 7) is 4.26. The number of anilines is 1. The predicted octanol–water partition coefficient (Wildman–Crippen LogP) is 5.54. The number of fused-ring (bicyclic) bond motifs is 1. The van der Waals surface area contributed by atoms with Crippen LogP contribution in [0.3, 0.4) is 0 Å². The van der Waals surface area contributed by atoms with E-state index in [0.29, 0.717) is 0 Å². The van der Waals surface area contributed by atoms with Crippen molar-refractivity contribution >= 4 is 43.2 Å². The van der Waals surface area contributed by atoms with Crippen molar-refractivity contribution in [1.29, 1.82) is 0 Å². The third-order valence-corrected chi connectivity index (χ3v) is 4.86. The number of aromatic nitrogens is 1. The number of rotatable bonds is 3. The number of thiophene rings is 1. The topological polar surface area (TPSA) is 24.9 Å². The molecule has 0 amide bonds. The van der Waals surface area contributed by atoms with Crippen molar-refractivity contribution in [3.63, 3.8) is 0 Å². The van der Waals surface area contributed by atoms with Crippen LogP contribution in [0.5, 0.6) is 0 Å². The van der Waals surface area contributed by atoms with Crippen molar-refractivity contribution in [2.75, 3.05) is 5.32 Å². The molecule has 20 heavy (non-hydrogen) atoms. The predicted molar refractivity (Wildman–Crippen MR) is 90.5 cm³/mol. The Morgan fingerprint density at radius 2 is 2.10 bits per heavy atom. The van der Waals surface area contributed by atoms with Crippen molar-refractivity contribution < 1.29 is 0 Å². The Morgan fingerprint density at radius 3 is 2.95 bits per heavy atom. The lowest BCUT2D eigenvalue weighted by Crippen LogP contribution is -2.07. The summed E-state index contributed by atoms with van der Waals surface area (Å²) in [6.07, 6.45) is 1.95. The Bertz CT molecular complexity index is 751. The van der Waals surface area contributed by atoms with Crippen molar-refractivity contribution in [3.8, 4) is 0 Å². The Kier molecular flexibility index (Phi) is 3.76. The first-order chi connectivity index (χ1) is 9.63. The van der Waals surface area contributed by atoms with E-state index in [2.05, 4.69) is 75.8 Å². The van der Waals surface area contributed by atoms with Gasteiger partial charge in [-0.15, -0.1) is 11.3 Å². The molecule has 4 heteroatoms. The second-order valence-electron chi connectivity index (χ2n) is 4.92. The van der Waals surface area contributed by atoms with E-state index in [4.69, 9.17) is 0 Å². The molecule has 2 nitrogen and oxygen atoms in total. The van der Waals surface area contributed by atoms with Crippen LogP contribution in [0, 0.1) is 6.92 Å². The maximum absolute atomic E-state index is 4.50. The van der Waals surface area contributed by atoms with E-state index < -0.39 is 0 Å². The summed E-state index contributed by atoms with van der Waals surface area (Å²) in [5.74, 6) is 0. The molecule has 1 N–H and O–H groups in total. The third kappa shape index (κ3) is 2.72. The van der Waals surface area contributed by atoms with Gasteiger partial charge in [-0.05, 0) is 70.5 Å². The molecule has 2 aromatic heterocycles. The number of nitrogens with one attached hydrogen (secondary N) is 1. The Labute approximate surface area is 131 Å². The van der Waals surface area contributed by atoms with Gasteiger partial charge in [0.2, 0.25) is 0 Å². The molecule has 1 unspecified atom stereocenters. The van der Waals surface area contributed by atoms with E-state index in [1.54, 1.807) is 11.3 Å². The van der Waals surface area contributed by atoms with Crippen LogP contribution in [0.2, 0.25) is 0 Å². The molecule has 0 saturated carbocycles. The lowest BCUT2D eigenvalue weighted by Gasteiger charge is -2.17. The summed E-state index contributed by atoms with van der Waals surface area (Å²) < 4.78 is 2.32. The molecule has 0 radical (unpaired) electrons. The molecule has 0 fully saturated rings. The lowest BCUT2D eigenvalue weighted by molar-refractivity contribution is 0.879. The van der Waals surface area contributed by atoms with Gasteiger partial charge in [-0.3, -0.25) is 4.98 Å². The normalized spacial score (nSPS) is 12.6. The SMILES string of the molecule is Cc1ccc(Br)c(NC(C)c2cnc3ccsc3c2)c1. The molecule has 0 aliphatic rings. The quantitative estimate of drug-likeness (QED) is 0.673.